The second-order valence-corrected chi connectivity index (χ2v) is 9.71. The lowest BCUT2D eigenvalue weighted by atomic mass is 10.0. The van der Waals surface area contributed by atoms with Crippen molar-refractivity contribution in [2.24, 2.45) is 0 Å². The number of carbonyl (C=O) groups excluding carboxylic acids is 2. The van der Waals surface area contributed by atoms with Crippen LogP contribution in [0.5, 0.6) is 0 Å². The van der Waals surface area contributed by atoms with Crippen LogP contribution in [0.15, 0.2) is 91.0 Å². The molecule has 1 N–H and O–H groups in total. The van der Waals surface area contributed by atoms with Crippen LogP contribution in [0.4, 0.5) is 0 Å². The molecule has 39 heavy (non-hydrogen) atoms. The Morgan fingerprint density at radius 2 is 1.36 bits per heavy atom. The molecule has 0 aliphatic carbocycles. The van der Waals surface area contributed by atoms with E-state index in [0.717, 1.165) is 39.2 Å². The average molecular weight is 536 g/mol. The fraction of sp³-hybridized carbons (Fsp3) is 0.125. The van der Waals surface area contributed by atoms with Crippen LogP contribution in [0.3, 0.4) is 0 Å². The highest BCUT2D eigenvalue weighted by Gasteiger charge is 2.16. The molecule has 0 spiro atoms. The molecule has 0 fully saturated rings. The Bertz CT molecular complexity index is 1670. The number of benzene rings is 4. The summed E-state index contributed by atoms with van der Waals surface area (Å²) in [7, 11) is 0. The largest absolute Gasteiger partial charge is 0.452 e. The smallest absolute Gasteiger partial charge is 0.338 e. The lowest BCUT2D eigenvalue weighted by Gasteiger charge is -2.12. The van der Waals surface area contributed by atoms with Crippen LogP contribution in [0.2, 0.25) is 5.02 Å². The molecule has 5 rings (SSSR count). The highest BCUT2D eigenvalue weighted by Crippen LogP contribution is 2.31. The highest BCUT2D eigenvalue weighted by molar-refractivity contribution is 6.31. The summed E-state index contributed by atoms with van der Waals surface area (Å²) >= 11 is 6.12. The van der Waals surface area contributed by atoms with Crippen LogP contribution in [-0.4, -0.2) is 28.5 Å². The lowest BCUT2D eigenvalue weighted by Crippen LogP contribution is -2.28. The van der Waals surface area contributed by atoms with Gasteiger partial charge in [0.2, 0.25) is 0 Å². The van der Waals surface area contributed by atoms with E-state index < -0.39 is 18.5 Å². The van der Waals surface area contributed by atoms with Gasteiger partial charge < -0.3 is 10.1 Å². The number of nitrogens with one attached hydrogen (secondary N) is 1. The highest BCUT2D eigenvalue weighted by atomic mass is 35.5. The first-order valence-corrected chi connectivity index (χ1v) is 12.9. The van der Waals surface area contributed by atoms with Crippen molar-refractivity contribution in [3.8, 4) is 22.5 Å². The van der Waals surface area contributed by atoms with Crippen molar-refractivity contribution in [1.29, 1.82) is 0 Å². The minimum Gasteiger partial charge on any atom is -0.452 e. The molecule has 7 heteroatoms. The van der Waals surface area contributed by atoms with E-state index in [1.165, 1.54) is 0 Å². The Labute approximate surface area is 231 Å². The number of esters is 1. The molecule has 0 aliphatic rings. The van der Waals surface area contributed by atoms with Crippen molar-refractivity contribution >= 4 is 34.5 Å². The molecule has 194 valence electrons. The van der Waals surface area contributed by atoms with Crippen molar-refractivity contribution in [2.75, 3.05) is 6.61 Å². The number of carbonyl (C=O) groups is 2. The number of rotatable bonds is 7. The quantitative estimate of drug-likeness (QED) is 0.234. The van der Waals surface area contributed by atoms with Gasteiger partial charge >= 0.3 is 5.97 Å². The van der Waals surface area contributed by atoms with E-state index in [2.05, 4.69) is 5.32 Å². The number of hydrogen-bond acceptors (Lipinski definition) is 5. The van der Waals surface area contributed by atoms with Gasteiger partial charge in [-0.05, 0) is 43.7 Å². The zero-order chi connectivity index (χ0) is 27.4. The van der Waals surface area contributed by atoms with Crippen molar-refractivity contribution in [2.45, 2.75) is 20.4 Å². The van der Waals surface area contributed by atoms with Gasteiger partial charge in [0.05, 0.1) is 28.0 Å². The normalized spacial score (nSPS) is 10.8. The second kappa shape index (κ2) is 11.5. The van der Waals surface area contributed by atoms with Gasteiger partial charge in [-0.25, -0.2) is 14.8 Å². The third kappa shape index (κ3) is 6.13. The number of hydrogen-bond donors (Lipinski definition) is 1. The summed E-state index contributed by atoms with van der Waals surface area (Å²) in [5, 5.41) is 3.27. The van der Waals surface area contributed by atoms with E-state index in [1.807, 2.05) is 80.6 Å². The van der Waals surface area contributed by atoms with Crippen molar-refractivity contribution in [3.05, 3.63) is 118 Å². The van der Waals surface area contributed by atoms with Crippen LogP contribution < -0.4 is 5.32 Å². The number of amides is 1. The van der Waals surface area contributed by atoms with Gasteiger partial charge in [0.15, 0.2) is 6.61 Å². The predicted molar refractivity (Wildman–Crippen MR) is 153 cm³/mol. The molecule has 1 amide bonds. The van der Waals surface area contributed by atoms with Gasteiger partial charge in [-0.3, -0.25) is 4.79 Å². The third-order valence-electron chi connectivity index (χ3n) is 6.32. The monoisotopic (exact) mass is 535 g/mol. The molecule has 0 unspecified atom stereocenters. The molecule has 5 aromatic rings. The summed E-state index contributed by atoms with van der Waals surface area (Å²) in [5.74, 6) is -1.04. The summed E-state index contributed by atoms with van der Waals surface area (Å²) in [6.07, 6.45) is 0. The standard InChI is InChI=1S/C32H26ClN3O3/c1-20-7-11-22(12-8-20)30-31(23-13-9-21(2)10-14-23)36-28-17-24(15-16-27(28)35-30)32(38)39-19-29(37)34-18-25-5-3-4-6-26(25)33/h3-17H,18-19H2,1-2H3,(H,34,37). The Balaban J connectivity index is 1.38. The van der Waals surface area contributed by atoms with Crippen LogP contribution >= 0.6 is 11.6 Å². The molecule has 1 aromatic heterocycles. The predicted octanol–water partition coefficient (Wildman–Crippen LogP) is 6.71. The average Bonchev–Trinajstić information content (AvgIpc) is 2.95. The summed E-state index contributed by atoms with van der Waals surface area (Å²) in [4.78, 5) is 34.8. The molecule has 0 radical (unpaired) electrons. The molecule has 6 nitrogen and oxygen atoms in total. The number of fused-ring (bicyclic) bond motifs is 1. The second-order valence-electron chi connectivity index (χ2n) is 9.30. The van der Waals surface area contributed by atoms with E-state index in [-0.39, 0.29) is 12.1 Å². The van der Waals surface area contributed by atoms with Gasteiger partial charge in [-0.1, -0.05) is 89.5 Å². The molecule has 0 atom stereocenters. The van der Waals surface area contributed by atoms with Crippen LogP contribution in [0.25, 0.3) is 33.5 Å². The Morgan fingerprint density at radius 1 is 0.769 bits per heavy atom. The van der Waals surface area contributed by atoms with Gasteiger partial charge in [0.25, 0.3) is 5.91 Å². The van der Waals surface area contributed by atoms with Crippen LogP contribution in [-0.2, 0) is 16.1 Å². The van der Waals surface area contributed by atoms with E-state index in [0.29, 0.717) is 16.1 Å². The van der Waals surface area contributed by atoms with E-state index in [9.17, 15) is 9.59 Å². The maximum atomic E-state index is 12.8. The molecule has 1 heterocycles. The number of aryl methyl sites for hydroxylation is 2. The van der Waals surface area contributed by atoms with E-state index in [1.54, 1.807) is 24.3 Å². The first kappa shape index (κ1) is 26.1. The molecule has 0 saturated heterocycles. The first-order chi connectivity index (χ1) is 18.9. The molecule has 0 saturated carbocycles. The van der Waals surface area contributed by atoms with Gasteiger partial charge in [0, 0.05) is 22.7 Å². The maximum absolute atomic E-state index is 12.8. The topological polar surface area (TPSA) is 81.2 Å². The molecular formula is C32H26ClN3O3. The van der Waals surface area contributed by atoms with Crippen LogP contribution in [0.1, 0.15) is 27.0 Å². The minimum absolute atomic E-state index is 0.243. The molecule has 0 bridgehead atoms. The fourth-order valence-corrected chi connectivity index (χ4v) is 4.31. The van der Waals surface area contributed by atoms with Crippen LogP contribution in [0, 0.1) is 13.8 Å². The molecule has 4 aromatic carbocycles. The number of halogens is 1. The van der Waals surface area contributed by atoms with Crippen molar-refractivity contribution in [3.63, 3.8) is 0 Å². The summed E-state index contributed by atoms with van der Waals surface area (Å²) in [6, 6.07) is 28.5. The van der Waals surface area contributed by atoms with Crippen molar-refractivity contribution < 1.29 is 14.3 Å². The third-order valence-corrected chi connectivity index (χ3v) is 6.69. The number of ether oxygens (including phenoxy) is 1. The number of aromatic nitrogens is 2. The zero-order valence-corrected chi connectivity index (χ0v) is 22.3. The van der Waals surface area contributed by atoms with E-state index in [4.69, 9.17) is 26.3 Å². The molecular weight excluding hydrogens is 510 g/mol. The summed E-state index contributed by atoms with van der Waals surface area (Å²) in [6.45, 7) is 3.91. The van der Waals surface area contributed by atoms with Gasteiger partial charge in [-0.15, -0.1) is 0 Å². The van der Waals surface area contributed by atoms with Gasteiger partial charge in [-0.2, -0.15) is 0 Å². The van der Waals surface area contributed by atoms with Gasteiger partial charge in [0.1, 0.15) is 0 Å². The Hall–Kier alpha value is -4.55. The summed E-state index contributed by atoms with van der Waals surface area (Å²) < 4.78 is 5.26. The molecule has 0 aliphatic heterocycles. The zero-order valence-electron chi connectivity index (χ0n) is 21.6. The Kier molecular flexibility index (Phi) is 7.66. The maximum Gasteiger partial charge on any atom is 0.338 e. The first-order valence-electron chi connectivity index (χ1n) is 12.5. The number of nitrogens with zero attached hydrogens (tertiary/aromatic N) is 2. The van der Waals surface area contributed by atoms with E-state index >= 15 is 0 Å². The minimum atomic E-state index is -0.619. The fourth-order valence-electron chi connectivity index (χ4n) is 4.11. The summed E-state index contributed by atoms with van der Waals surface area (Å²) in [5.41, 5.74) is 7.93. The lowest BCUT2D eigenvalue weighted by molar-refractivity contribution is -0.124. The SMILES string of the molecule is Cc1ccc(-c2nc3ccc(C(=O)OCC(=O)NCc4ccccc4Cl)cc3nc2-c2ccc(C)cc2)cc1. The van der Waals surface area contributed by atoms with Crippen molar-refractivity contribution in [1.82, 2.24) is 15.3 Å². The Morgan fingerprint density at radius 3 is 1.97 bits per heavy atom.